The fourth-order valence-corrected chi connectivity index (χ4v) is 3.01. The largest absolute Gasteiger partial charge is 0.482 e. The summed E-state index contributed by atoms with van der Waals surface area (Å²) < 4.78 is 19.4. The van der Waals surface area contributed by atoms with Gasteiger partial charge in [-0.2, -0.15) is 0 Å². The summed E-state index contributed by atoms with van der Waals surface area (Å²) in [4.78, 5) is 26.7. The highest BCUT2D eigenvalue weighted by atomic mass is 35.5. The zero-order valence-electron chi connectivity index (χ0n) is 15.2. The van der Waals surface area contributed by atoms with Crippen LogP contribution in [0.5, 0.6) is 5.75 Å². The van der Waals surface area contributed by atoms with Crippen molar-refractivity contribution >= 4 is 40.0 Å². The highest BCUT2D eigenvalue weighted by Gasteiger charge is 2.12. The van der Waals surface area contributed by atoms with Crippen molar-refractivity contribution in [2.75, 3.05) is 11.9 Å². The van der Waals surface area contributed by atoms with Crippen molar-refractivity contribution in [3.05, 3.63) is 52.8 Å². The number of anilines is 1. The summed E-state index contributed by atoms with van der Waals surface area (Å²) in [6, 6.07) is 9.68. The van der Waals surface area contributed by atoms with Gasteiger partial charge < -0.3 is 15.8 Å². The zero-order chi connectivity index (χ0) is 20.4. The fraction of sp³-hybridized carbons (Fsp3) is 0.150. The molecule has 1 aromatic heterocycles. The summed E-state index contributed by atoms with van der Waals surface area (Å²) in [5.74, 6) is -1.17. The average Bonchev–Trinajstić information content (AvgIpc) is 2.61. The van der Waals surface area contributed by atoms with Crippen LogP contribution in [-0.4, -0.2) is 23.4 Å². The third-order valence-corrected chi connectivity index (χ3v) is 4.31. The molecule has 0 atom stereocenters. The number of ether oxygens (including phenoxy) is 1. The lowest BCUT2D eigenvalue weighted by atomic mass is 10.0. The van der Waals surface area contributed by atoms with Crippen LogP contribution in [0.4, 0.5) is 10.1 Å². The number of hydrogen-bond donors (Lipinski definition) is 2. The Bertz CT molecular complexity index is 1100. The SMILES string of the molecule is CC(=O)Nc1cc2nc(-c3ccc(OCC(N)=O)c(Cl)c3)cc(C)c2cc1F. The van der Waals surface area contributed by atoms with Crippen molar-refractivity contribution in [2.24, 2.45) is 5.73 Å². The quantitative estimate of drug-likeness (QED) is 0.679. The van der Waals surface area contributed by atoms with Gasteiger partial charge in [-0.3, -0.25) is 9.59 Å². The zero-order valence-corrected chi connectivity index (χ0v) is 15.9. The van der Waals surface area contributed by atoms with Crippen molar-refractivity contribution < 1.29 is 18.7 Å². The second-order valence-corrected chi connectivity index (χ2v) is 6.66. The van der Waals surface area contributed by atoms with Gasteiger partial charge in [0.2, 0.25) is 5.91 Å². The molecule has 3 N–H and O–H groups in total. The van der Waals surface area contributed by atoms with E-state index < -0.39 is 11.7 Å². The van der Waals surface area contributed by atoms with Crippen molar-refractivity contribution in [2.45, 2.75) is 13.8 Å². The number of amides is 2. The number of halogens is 2. The summed E-state index contributed by atoms with van der Waals surface area (Å²) in [6.07, 6.45) is 0. The van der Waals surface area contributed by atoms with Gasteiger partial charge in [0, 0.05) is 17.9 Å². The van der Waals surface area contributed by atoms with Crippen LogP contribution in [-0.2, 0) is 9.59 Å². The Hall–Kier alpha value is -3.19. The van der Waals surface area contributed by atoms with Crippen LogP contribution in [0.1, 0.15) is 12.5 Å². The summed E-state index contributed by atoms with van der Waals surface area (Å²) in [7, 11) is 0. The maximum Gasteiger partial charge on any atom is 0.255 e. The van der Waals surface area contributed by atoms with Gasteiger partial charge in [0.15, 0.2) is 6.61 Å². The molecule has 0 saturated heterocycles. The average molecular weight is 402 g/mol. The number of carbonyl (C=O) groups is 2. The lowest BCUT2D eigenvalue weighted by molar-refractivity contribution is -0.120. The van der Waals surface area contributed by atoms with Crippen LogP contribution < -0.4 is 15.8 Å². The first-order valence-electron chi connectivity index (χ1n) is 8.34. The van der Waals surface area contributed by atoms with Crippen LogP contribution in [0.15, 0.2) is 36.4 Å². The Balaban J connectivity index is 2.03. The maximum absolute atomic E-state index is 14.2. The molecule has 3 rings (SSSR count). The van der Waals surface area contributed by atoms with Gasteiger partial charge in [0.25, 0.3) is 5.91 Å². The van der Waals surface area contributed by atoms with Crippen molar-refractivity contribution in [3.63, 3.8) is 0 Å². The van der Waals surface area contributed by atoms with Crippen LogP contribution in [0, 0.1) is 12.7 Å². The lowest BCUT2D eigenvalue weighted by Crippen LogP contribution is -2.20. The number of benzene rings is 2. The van der Waals surface area contributed by atoms with Crippen LogP contribution in [0.2, 0.25) is 5.02 Å². The van der Waals surface area contributed by atoms with Crippen LogP contribution in [0.3, 0.4) is 0 Å². The van der Waals surface area contributed by atoms with Gasteiger partial charge in [-0.15, -0.1) is 0 Å². The minimum absolute atomic E-state index is 0.0669. The molecule has 0 unspecified atom stereocenters. The summed E-state index contributed by atoms with van der Waals surface area (Å²) >= 11 is 6.22. The predicted octanol–water partition coefficient (Wildman–Crippen LogP) is 3.83. The Labute approximate surface area is 165 Å². The summed E-state index contributed by atoms with van der Waals surface area (Å²) in [5.41, 5.74) is 7.82. The molecule has 3 aromatic rings. The predicted molar refractivity (Wildman–Crippen MR) is 106 cm³/mol. The number of carbonyl (C=O) groups excluding carboxylic acids is 2. The maximum atomic E-state index is 14.2. The van der Waals surface area contributed by atoms with Gasteiger partial charge in [-0.05, 0) is 48.9 Å². The van der Waals surface area contributed by atoms with Crippen molar-refractivity contribution in [1.82, 2.24) is 4.98 Å². The molecule has 0 spiro atoms. The minimum Gasteiger partial charge on any atom is -0.482 e. The Kier molecular flexibility index (Phi) is 5.46. The molecule has 0 aliphatic carbocycles. The first kappa shape index (κ1) is 19.6. The Morgan fingerprint density at radius 1 is 1.25 bits per heavy atom. The topological polar surface area (TPSA) is 94.3 Å². The highest BCUT2D eigenvalue weighted by molar-refractivity contribution is 6.32. The number of pyridine rings is 1. The molecule has 2 amide bonds. The molecular weight excluding hydrogens is 385 g/mol. The van der Waals surface area contributed by atoms with Gasteiger partial charge in [-0.25, -0.2) is 9.37 Å². The third-order valence-electron chi connectivity index (χ3n) is 4.01. The van der Waals surface area contributed by atoms with E-state index >= 15 is 0 Å². The molecule has 144 valence electrons. The second-order valence-electron chi connectivity index (χ2n) is 6.25. The first-order valence-corrected chi connectivity index (χ1v) is 8.72. The molecule has 0 radical (unpaired) electrons. The normalized spacial score (nSPS) is 10.7. The van der Waals surface area contributed by atoms with E-state index in [1.54, 1.807) is 18.2 Å². The fourth-order valence-electron chi connectivity index (χ4n) is 2.77. The molecule has 8 heteroatoms. The Morgan fingerprint density at radius 3 is 2.64 bits per heavy atom. The van der Waals surface area contributed by atoms with Gasteiger partial charge in [0.1, 0.15) is 11.6 Å². The monoisotopic (exact) mass is 401 g/mol. The number of fused-ring (bicyclic) bond motifs is 1. The third kappa shape index (κ3) is 4.20. The van der Waals surface area contributed by atoms with E-state index in [-0.39, 0.29) is 18.2 Å². The minimum atomic E-state index is -0.603. The number of rotatable bonds is 5. The van der Waals surface area contributed by atoms with E-state index in [1.165, 1.54) is 19.1 Å². The number of hydrogen-bond acceptors (Lipinski definition) is 4. The number of nitrogens with two attached hydrogens (primary N) is 1. The lowest BCUT2D eigenvalue weighted by Gasteiger charge is -2.11. The second kappa shape index (κ2) is 7.82. The van der Waals surface area contributed by atoms with Crippen LogP contribution in [0.25, 0.3) is 22.2 Å². The smallest absolute Gasteiger partial charge is 0.255 e. The molecule has 28 heavy (non-hydrogen) atoms. The molecule has 2 aromatic carbocycles. The van der Waals surface area contributed by atoms with E-state index in [2.05, 4.69) is 10.3 Å². The summed E-state index contributed by atoms with van der Waals surface area (Å²) in [6.45, 7) is 2.88. The molecule has 0 bridgehead atoms. The molecule has 0 aliphatic heterocycles. The van der Waals surface area contributed by atoms with Gasteiger partial charge in [0.05, 0.1) is 21.9 Å². The molecule has 0 saturated carbocycles. The Morgan fingerprint density at radius 2 is 2.00 bits per heavy atom. The van der Waals surface area contributed by atoms with Crippen molar-refractivity contribution in [1.29, 1.82) is 0 Å². The van der Waals surface area contributed by atoms with Gasteiger partial charge in [-0.1, -0.05) is 11.6 Å². The molecule has 0 fully saturated rings. The number of nitrogens with one attached hydrogen (secondary N) is 1. The molecule has 6 nitrogen and oxygen atoms in total. The highest BCUT2D eigenvalue weighted by Crippen LogP contribution is 2.32. The standard InChI is InChI=1S/C20H17ClFN3O3/c1-10-5-16(12-3-4-19(14(21)6-12)28-9-20(23)27)25-17-8-18(24-11(2)26)15(22)7-13(10)17/h3-8H,9H2,1-2H3,(H2,23,27)(H,24,26). The number of aromatic nitrogens is 1. The molecular formula is C20H17ClFN3O3. The number of primary amides is 1. The molecule has 0 aliphatic rings. The molecule has 1 heterocycles. The van der Waals surface area contributed by atoms with E-state index in [9.17, 15) is 14.0 Å². The van der Waals surface area contributed by atoms with E-state index in [0.29, 0.717) is 32.9 Å². The number of nitrogens with zero attached hydrogens (tertiary/aromatic N) is 1. The van der Waals surface area contributed by atoms with Gasteiger partial charge >= 0.3 is 0 Å². The summed E-state index contributed by atoms with van der Waals surface area (Å²) in [5, 5.41) is 3.40. The van der Waals surface area contributed by atoms with E-state index in [1.807, 2.05) is 13.0 Å². The van der Waals surface area contributed by atoms with E-state index in [0.717, 1.165) is 5.56 Å². The van der Waals surface area contributed by atoms with Crippen LogP contribution >= 0.6 is 11.6 Å². The first-order chi connectivity index (χ1) is 13.2. The van der Waals surface area contributed by atoms with Crippen molar-refractivity contribution in [3.8, 4) is 17.0 Å². The number of aryl methyl sites for hydroxylation is 1. The van der Waals surface area contributed by atoms with E-state index in [4.69, 9.17) is 22.1 Å².